The van der Waals surface area contributed by atoms with Gasteiger partial charge in [-0.25, -0.2) is 4.99 Å². The number of benzene rings is 2. The largest absolute Gasteiger partial charge is 0.497 e. The van der Waals surface area contributed by atoms with Crippen LogP contribution in [0.1, 0.15) is 11.1 Å². The molecule has 0 spiro atoms. The summed E-state index contributed by atoms with van der Waals surface area (Å²) in [6, 6.07) is 15.5. The Morgan fingerprint density at radius 1 is 1.11 bits per heavy atom. The van der Waals surface area contributed by atoms with E-state index in [9.17, 15) is 0 Å². The molecule has 3 heteroatoms. The summed E-state index contributed by atoms with van der Waals surface area (Å²) in [5, 5.41) is 0. The van der Waals surface area contributed by atoms with E-state index in [-0.39, 0.29) is 0 Å². The zero-order valence-electron chi connectivity index (χ0n) is 10.6. The van der Waals surface area contributed by atoms with Gasteiger partial charge >= 0.3 is 0 Å². The molecule has 0 aromatic heterocycles. The van der Waals surface area contributed by atoms with Gasteiger partial charge in [-0.2, -0.15) is 0 Å². The number of nitrogens with zero attached hydrogens (tertiary/aromatic N) is 1. The average molecular weight is 240 g/mol. The first-order chi connectivity index (χ1) is 8.69. The summed E-state index contributed by atoms with van der Waals surface area (Å²) in [5.74, 6) is 1.27. The van der Waals surface area contributed by atoms with Crippen molar-refractivity contribution in [2.24, 2.45) is 10.7 Å². The third kappa shape index (κ3) is 2.88. The summed E-state index contributed by atoms with van der Waals surface area (Å²) in [5.41, 5.74) is 8.88. The monoisotopic (exact) mass is 240 g/mol. The van der Waals surface area contributed by atoms with Crippen LogP contribution in [0.2, 0.25) is 0 Å². The van der Waals surface area contributed by atoms with E-state index in [0.717, 1.165) is 17.0 Å². The number of rotatable bonds is 3. The molecule has 0 fully saturated rings. The highest BCUT2D eigenvalue weighted by Gasteiger charge is 1.99. The molecule has 2 aromatic carbocycles. The van der Waals surface area contributed by atoms with Gasteiger partial charge in [-0.3, -0.25) is 0 Å². The van der Waals surface area contributed by atoms with Crippen LogP contribution in [-0.4, -0.2) is 12.9 Å². The van der Waals surface area contributed by atoms with Crippen molar-refractivity contribution in [2.75, 3.05) is 7.11 Å². The number of ether oxygens (including phenoxy) is 1. The first-order valence-corrected chi connectivity index (χ1v) is 5.74. The molecule has 0 aliphatic carbocycles. The summed E-state index contributed by atoms with van der Waals surface area (Å²) in [7, 11) is 1.63. The molecule has 0 heterocycles. The second-order valence-corrected chi connectivity index (χ2v) is 4.06. The molecular weight excluding hydrogens is 224 g/mol. The quantitative estimate of drug-likeness (QED) is 0.662. The van der Waals surface area contributed by atoms with Crippen molar-refractivity contribution < 1.29 is 4.74 Å². The molecule has 2 N–H and O–H groups in total. The molecule has 0 saturated heterocycles. The summed E-state index contributed by atoms with van der Waals surface area (Å²) < 4.78 is 5.15. The average Bonchev–Trinajstić information content (AvgIpc) is 2.39. The molecule has 0 unspecified atom stereocenters. The maximum absolute atomic E-state index is 5.98. The zero-order chi connectivity index (χ0) is 13.0. The van der Waals surface area contributed by atoms with E-state index in [2.05, 4.69) is 4.99 Å². The van der Waals surface area contributed by atoms with Crippen LogP contribution in [0.25, 0.3) is 0 Å². The van der Waals surface area contributed by atoms with Gasteiger partial charge in [-0.15, -0.1) is 0 Å². The Morgan fingerprint density at radius 2 is 1.83 bits per heavy atom. The van der Waals surface area contributed by atoms with Gasteiger partial charge in [-0.05, 0) is 19.1 Å². The van der Waals surface area contributed by atoms with Crippen LogP contribution in [0, 0.1) is 6.92 Å². The first-order valence-electron chi connectivity index (χ1n) is 5.74. The molecule has 0 amide bonds. The first kappa shape index (κ1) is 12.2. The number of aryl methyl sites for hydroxylation is 1. The lowest BCUT2D eigenvalue weighted by molar-refractivity contribution is 0.415. The highest BCUT2D eigenvalue weighted by Crippen LogP contribution is 2.20. The summed E-state index contributed by atoms with van der Waals surface area (Å²) >= 11 is 0. The van der Waals surface area contributed by atoms with Crippen LogP contribution in [0.5, 0.6) is 5.75 Å². The van der Waals surface area contributed by atoms with Crippen molar-refractivity contribution in [3.63, 3.8) is 0 Å². The third-order valence-electron chi connectivity index (χ3n) is 2.65. The van der Waals surface area contributed by atoms with Crippen LogP contribution in [-0.2, 0) is 0 Å². The molecule has 3 nitrogen and oxygen atoms in total. The molecule has 0 aliphatic heterocycles. The van der Waals surface area contributed by atoms with E-state index in [1.165, 1.54) is 5.56 Å². The third-order valence-corrected chi connectivity index (χ3v) is 2.65. The molecule has 2 rings (SSSR count). The molecule has 0 saturated carbocycles. The number of hydrogen-bond donors (Lipinski definition) is 1. The topological polar surface area (TPSA) is 47.6 Å². The predicted octanol–water partition coefficient (Wildman–Crippen LogP) is 3.04. The number of hydrogen-bond acceptors (Lipinski definition) is 2. The number of amidine groups is 1. The maximum Gasteiger partial charge on any atom is 0.131 e. The Bertz CT molecular complexity index is 559. The van der Waals surface area contributed by atoms with E-state index >= 15 is 0 Å². The maximum atomic E-state index is 5.98. The van der Waals surface area contributed by atoms with Crippen molar-refractivity contribution in [1.82, 2.24) is 0 Å². The van der Waals surface area contributed by atoms with E-state index in [4.69, 9.17) is 10.5 Å². The lowest BCUT2D eigenvalue weighted by atomic mass is 10.1. The van der Waals surface area contributed by atoms with Crippen molar-refractivity contribution in [3.8, 4) is 5.75 Å². The van der Waals surface area contributed by atoms with Crippen LogP contribution >= 0.6 is 0 Å². The fraction of sp³-hybridized carbons (Fsp3) is 0.133. The highest BCUT2D eigenvalue weighted by atomic mass is 16.5. The van der Waals surface area contributed by atoms with Crippen molar-refractivity contribution in [2.45, 2.75) is 6.92 Å². The van der Waals surface area contributed by atoms with E-state index < -0.39 is 0 Å². The minimum Gasteiger partial charge on any atom is -0.497 e. The summed E-state index contributed by atoms with van der Waals surface area (Å²) in [6.45, 7) is 2.04. The minimum atomic E-state index is 0.503. The Morgan fingerprint density at radius 3 is 2.50 bits per heavy atom. The van der Waals surface area contributed by atoms with E-state index in [1.54, 1.807) is 7.11 Å². The standard InChI is InChI=1S/C15H16N2O/c1-11-6-8-12(9-7-11)15(16)17-13-4-3-5-14(10-13)18-2/h3-10H,1-2H3,(H2,16,17). The van der Waals surface area contributed by atoms with Crippen molar-refractivity contribution >= 4 is 11.5 Å². The Labute approximate surface area is 107 Å². The van der Waals surface area contributed by atoms with Gasteiger partial charge in [0.05, 0.1) is 12.8 Å². The minimum absolute atomic E-state index is 0.503. The van der Waals surface area contributed by atoms with Gasteiger partial charge in [0.15, 0.2) is 0 Å². The normalized spacial score (nSPS) is 11.3. The highest BCUT2D eigenvalue weighted by molar-refractivity contribution is 5.99. The van der Waals surface area contributed by atoms with Crippen LogP contribution in [0.15, 0.2) is 53.5 Å². The number of methoxy groups -OCH3 is 1. The van der Waals surface area contributed by atoms with E-state index in [1.807, 2.05) is 55.5 Å². The molecule has 0 atom stereocenters. The number of aliphatic imine (C=N–C) groups is 1. The zero-order valence-corrected chi connectivity index (χ0v) is 10.6. The fourth-order valence-corrected chi connectivity index (χ4v) is 1.61. The second-order valence-electron chi connectivity index (χ2n) is 4.06. The SMILES string of the molecule is COc1cccc(N=C(N)c2ccc(C)cc2)c1. The van der Waals surface area contributed by atoms with Gasteiger partial charge in [-0.1, -0.05) is 35.9 Å². The Balaban J connectivity index is 2.29. The van der Waals surface area contributed by atoms with Crippen LogP contribution < -0.4 is 10.5 Å². The van der Waals surface area contributed by atoms with Gasteiger partial charge in [0.1, 0.15) is 11.6 Å². The molecular formula is C15H16N2O. The second kappa shape index (κ2) is 5.36. The summed E-state index contributed by atoms with van der Waals surface area (Å²) in [4.78, 5) is 4.38. The Hall–Kier alpha value is -2.29. The fourth-order valence-electron chi connectivity index (χ4n) is 1.61. The predicted molar refractivity (Wildman–Crippen MR) is 74.6 cm³/mol. The number of nitrogens with two attached hydrogens (primary N) is 1. The van der Waals surface area contributed by atoms with Crippen LogP contribution in [0.4, 0.5) is 5.69 Å². The molecule has 0 radical (unpaired) electrons. The smallest absolute Gasteiger partial charge is 0.131 e. The molecule has 0 bridgehead atoms. The van der Waals surface area contributed by atoms with Crippen molar-refractivity contribution in [1.29, 1.82) is 0 Å². The summed E-state index contributed by atoms with van der Waals surface area (Å²) in [6.07, 6.45) is 0. The van der Waals surface area contributed by atoms with Crippen LogP contribution in [0.3, 0.4) is 0 Å². The molecule has 92 valence electrons. The Kier molecular flexibility index (Phi) is 3.63. The molecule has 0 aliphatic rings. The lowest BCUT2D eigenvalue weighted by Gasteiger charge is -2.03. The lowest BCUT2D eigenvalue weighted by Crippen LogP contribution is -2.12. The van der Waals surface area contributed by atoms with E-state index in [0.29, 0.717) is 5.84 Å². The van der Waals surface area contributed by atoms with Gasteiger partial charge < -0.3 is 10.5 Å². The van der Waals surface area contributed by atoms with Gasteiger partial charge in [0, 0.05) is 11.6 Å². The molecule has 2 aromatic rings. The van der Waals surface area contributed by atoms with Gasteiger partial charge in [0.2, 0.25) is 0 Å². The van der Waals surface area contributed by atoms with Crippen molar-refractivity contribution in [3.05, 3.63) is 59.7 Å². The molecule has 18 heavy (non-hydrogen) atoms. The van der Waals surface area contributed by atoms with Gasteiger partial charge in [0.25, 0.3) is 0 Å².